The van der Waals surface area contributed by atoms with E-state index in [0.29, 0.717) is 0 Å². The topological polar surface area (TPSA) is 230 Å². The molecule has 0 fully saturated rings. The molecule has 0 spiro atoms. The van der Waals surface area contributed by atoms with E-state index in [1.165, 1.54) is 0 Å². The smallest absolute Gasteiger partial charge is 0.329 e. The molecule has 0 aromatic rings. The summed E-state index contributed by atoms with van der Waals surface area (Å²) in [5, 5.41) is 60.1. The van der Waals surface area contributed by atoms with Gasteiger partial charge in [-0.05, 0) is 0 Å². The molecule has 0 amide bonds. The standard InChI is InChI=1S/4C2H4O3.Zr/c4*3-1-2(4)5;/h4*3H,1H2,(H,4,5);. The van der Waals surface area contributed by atoms with Crippen molar-refractivity contribution in [2.45, 2.75) is 0 Å². The van der Waals surface area contributed by atoms with Crippen LogP contribution in [0.1, 0.15) is 0 Å². The quantitative estimate of drug-likeness (QED) is 0.229. The van der Waals surface area contributed by atoms with Crippen molar-refractivity contribution in [1.82, 2.24) is 0 Å². The largest absolute Gasteiger partial charge is 0.480 e. The summed E-state index contributed by atoms with van der Waals surface area (Å²) in [6.45, 7) is -3.11. The second kappa shape index (κ2) is 27.0. The fourth-order valence-electron chi connectivity index (χ4n) is 0. The third-order valence-electron chi connectivity index (χ3n) is 0.541. The first-order valence-electron chi connectivity index (χ1n) is 4.39. The van der Waals surface area contributed by atoms with Crippen molar-refractivity contribution in [2.75, 3.05) is 26.4 Å². The van der Waals surface area contributed by atoms with Crippen LogP contribution in [0.4, 0.5) is 0 Å². The number of aliphatic hydroxyl groups excluding tert-OH is 4. The molecule has 21 heavy (non-hydrogen) atoms. The summed E-state index contributed by atoms with van der Waals surface area (Å²) in [5.41, 5.74) is 0. The number of aliphatic carboxylic acids is 4. The Morgan fingerprint density at radius 2 is 0.524 bits per heavy atom. The van der Waals surface area contributed by atoms with Crippen LogP contribution in [0, 0.1) is 0 Å². The van der Waals surface area contributed by atoms with Crippen LogP contribution in [0.2, 0.25) is 0 Å². The minimum Gasteiger partial charge on any atom is -0.480 e. The van der Waals surface area contributed by atoms with Gasteiger partial charge in [-0.1, -0.05) is 0 Å². The molecule has 0 atom stereocenters. The maximum absolute atomic E-state index is 9.12. The Labute approximate surface area is 137 Å². The minimum atomic E-state index is -1.19. The zero-order valence-electron chi connectivity index (χ0n) is 10.5. The van der Waals surface area contributed by atoms with Gasteiger partial charge < -0.3 is 40.9 Å². The molecule has 0 aromatic carbocycles. The second-order valence-electron chi connectivity index (χ2n) is 2.21. The van der Waals surface area contributed by atoms with Crippen LogP contribution in [0.3, 0.4) is 0 Å². The van der Waals surface area contributed by atoms with E-state index in [4.69, 9.17) is 60.0 Å². The van der Waals surface area contributed by atoms with E-state index in [-0.39, 0.29) is 26.2 Å². The van der Waals surface area contributed by atoms with E-state index in [0.717, 1.165) is 0 Å². The molecule has 0 heterocycles. The van der Waals surface area contributed by atoms with E-state index in [2.05, 4.69) is 0 Å². The van der Waals surface area contributed by atoms with Crippen LogP contribution in [0.25, 0.3) is 0 Å². The van der Waals surface area contributed by atoms with Gasteiger partial charge in [-0.3, -0.25) is 0 Å². The van der Waals surface area contributed by atoms with Gasteiger partial charge in [-0.15, -0.1) is 0 Å². The zero-order valence-corrected chi connectivity index (χ0v) is 13.0. The summed E-state index contributed by atoms with van der Waals surface area (Å²) in [6.07, 6.45) is 0. The Bertz CT molecular complexity index is 222. The molecule has 8 N–H and O–H groups in total. The van der Waals surface area contributed by atoms with Crippen molar-refractivity contribution < 1.29 is 86.2 Å². The molecule has 0 saturated heterocycles. The molecule has 0 aliphatic rings. The fraction of sp³-hybridized carbons (Fsp3) is 0.500. The zero-order chi connectivity index (χ0) is 17.1. The van der Waals surface area contributed by atoms with Crippen molar-refractivity contribution in [1.29, 1.82) is 0 Å². The molecule has 124 valence electrons. The molecule has 0 bridgehead atoms. The van der Waals surface area contributed by atoms with Crippen LogP contribution >= 0.6 is 0 Å². The number of rotatable bonds is 4. The average Bonchev–Trinajstić information content (AvgIpc) is 2.40. The number of aliphatic hydroxyl groups is 4. The Kier molecular flexibility index (Phi) is 41.0. The van der Waals surface area contributed by atoms with Crippen LogP contribution in [0.5, 0.6) is 0 Å². The number of carboxylic acids is 4. The summed E-state index contributed by atoms with van der Waals surface area (Å²) in [5.74, 6) is -4.76. The number of carbonyl (C=O) groups is 4. The molecule has 0 radical (unpaired) electrons. The van der Waals surface area contributed by atoms with Gasteiger partial charge in [0, 0.05) is 26.2 Å². The Morgan fingerprint density at radius 3 is 0.524 bits per heavy atom. The van der Waals surface area contributed by atoms with E-state index in [1.54, 1.807) is 0 Å². The minimum absolute atomic E-state index is 0. The van der Waals surface area contributed by atoms with Gasteiger partial charge >= 0.3 is 23.9 Å². The fourth-order valence-corrected chi connectivity index (χ4v) is 0. The molecule has 0 rings (SSSR count). The predicted octanol–water partition coefficient (Wildman–Crippen LogP) is -3.75. The van der Waals surface area contributed by atoms with Crippen LogP contribution in [-0.4, -0.2) is 91.2 Å². The molecule has 0 saturated carbocycles. The number of hydrogen-bond donors (Lipinski definition) is 8. The molecule has 0 aromatic heterocycles. The van der Waals surface area contributed by atoms with Crippen molar-refractivity contribution in [3.8, 4) is 0 Å². The van der Waals surface area contributed by atoms with Gasteiger partial charge in [-0.2, -0.15) is 0 Å². The van der Waals surface area contributed by atoms with Gasteiger partial charge in [0.1, 0.15) is 26.4 Å². The van der Waals surface area contributed by atoms with E-state index < -0.39 is 50.3 Å². The molecular weight excluding hydrogens is 379 g/mol. The normalized spacial score (nSPS) is 7.05. The average molecular weight is 395 g/mol. The van der Waals surface area contributed by atoms with Crippen molar-refractivity contribution in [2.24, 2.45) is 0 Å². The summed E-state index contributed by atoms with van der Waals surface area (Å²) in [6, 6.07) is 0. The predicted molar refractivity (Wildman–Crippen MR) is 58.9 cm³/mol. The SMILES string of the molecule is O=C(O)CO.O=C(O)CO.O=C(O)CO.O=C(O)CO.[Zr]. The first-order chi connectivity index (χ1) is 9.08. The van der Waals surface area contributed by atoms with Gasteiger partial charge in [0.05, 0.1) is 0 Å². The molecule has 13 heteroatoms. The molecule has 0 unspecified atom stereocenters. The van der Waals surface area contributed by atoms with Gasteiger partial charge in [0.15, 0.2) is 0 Å². The van der Waals surface area contributed by atoms with Crippen molar-refractivity contribution in [3.05, 3.63) is 0 Å². The molecular formula is C8H16O12Zr. The van der Waals surface area contributed by atoms with Crippen molar-refractivity contribution in [3.63, 3.8) is 0 Å². The van der Waals surface area contributed by atoms with Crippen LogP contribution < -0.4 is 0 Å². The van der Waals surface area contributed by atoms with Gasteiger partial charge in [0.2, 0.25) is 0 Å². The Hall–Kier alpha value is -1.40. The van der Waals surface area contributed by atoms with E-state index in [1.807, 2.05) is 0 Å². The molecule has 12 nitrogen and oxygen atoms in total. The number of carboxylic acid groups (broad SMARTS) is 4. The summed E-state index contributed by atoms with van der Waals surface area (Å²) >= 11 is 0. The Balaban J connectivity index is -0.0000000533. The third kappa shape index (κ3) is 118. The first kappa shape index (κ1) is 31.8. The van der Waals surface area contributed by atoms with Crippen molar-refractivity contribution >= 4 is 23.9 Å². The monoisotopic (exact) mass is 394 g/mol. The van der Waals surface area contributed by atoms with Crippen LogP contribution in [-0.2, 0) is 45.4 Å². The Morgan fingerprint density at radius 1 is 0.476 bits per heavy atom. The maximum Gasteiger partial charge on any atom is 0.329 e. The van der Waals surface area contributed by atoms with Gasteiger partial charge in [-0.25, -0.2) is 19.2 Å². The number of hydrogen-bond acceptors (Lipinski definition) is 8. The third-order valence-corrected chi connectivity index (χ3v) is 0.541. The van der Waals surface area contributed by atoms with E-state index >= 15 is 0 Å². The first-order valence-corrected chi connectivity index (χ1v) is 4.39. The van der Waals surface area contributed by atoms with Crippen LogP contribution in [0.15, 0.2) is 0 Å². The van der Waals surface area contributed by atoms with Gasteiger partial charge in [0.25, 0.3) is 0 Å². The summed E-state index contributed by atoms with van der Waals surface area (Å²) in [7, 11) is 0. The molecule has 0 aliphatic carbocycles. The summed E-state index contributed by atoms with van der Waals surface area (Å²) in [4.78, 5) is 36.5. The summed E-state index contributed by atoms with van der Waals surface area (Å²) < 4.78 is 0. The molecule has 0 aliphatic heterocycles. The van der Waals surface area contributed by atoms with E-state index in [9.17, 15) is 0 Å². The maximum atomic E-state index is 9.12. The second-order valence-corrected chi connectivity index (χ2v) is 2.21.